The molecule has 194 valence electrons. The van der Waals surface area contributed by atoms with Crippen LogP contribution in [0.15, 0.2) is 48.7 Å². The molecule has 0 spiro atoms. The summed E-state index contributed by atoms with van der Waals surface area (Å²) in [5.41, 5.74) is 0.456. The monoisotopic (exact) mass is 512 g/mol. The topological polar surface area (TPSA) is 73.8 Å². The number of nitrogens with zero attached hydrogens (tertiary/aromatic N) is 5. The van der Waals surface area contributed by atoms with Crippen LogP contribution in [0, 0.1) is 0 Å². The minimum Gasteiger partial charge on any atom is -0.436 e. The summed E-state index contributed by atoms with van der Waals surface area (Å²) in [5, 5.41) is 2.86. The number of ether oxygens (including phenoxy) is 1. The molecule has 3 heterocycles. The second-order valence-electron chi connectivity index (χ2n) is 9.05. The smallest absolute Gasteiger partial charge is 0.416 e. The molecule has 2 aromatic carbocycles. The molecule has 11 heteroatoms. The van der Waals surface area contributed by atoms with Gasteiger partial charge in [-0.25, -0.2) is 4.98 Å². The Kier molecular flexibility index (Phi) is 6.74. The Hall–Kier alpha value is -3.70. The Morgan fingerprint density at radius 1 is 1.05 bits per heavy atom. The van der Waals surface area contributed by atoms with Crippen molar-refractivity contribution in [1.82, 2.24) is 19.8 Å². The Bertz CT molecular complexity index is 1310. The first kappa shape index (κ1) is 25.0. The predicted molar refractivity (Wildman–Crippen MR) is 133 cm³/mol. The largest absolute Gasteiger partial charge is 0.436 e. The molecule has 1 aromatic heterocycles. The van der Waals surface area contributed by atoms with E-state index in [4.69, 9.17) is 4.74 Å². The predicted octanol–water partition coefficient (Wildman–Crippen LogP) is 4.76. The molecule has 0 bridgehead atoms. The van der Waals surface area contributed by atoms with Crippen molar-refractivity contribution in [3.63, 3.8) is 0 Å². The third kappa shape index (κ3) is 5.23. The number of para-hydroxylation sites is 1. The Balaban J connectivity index is 1.39. The van der Waals surface area contributed by atoms with Crippen LogP contribution in [0.25, 0.3) is 0 Å². The average Bonchev–Trinajstić information content (AvgIpc) is 2.99. The van der Waals surface area contributed by atoms with Crippen molar-refractivity contribution in [2.45, 2.75) is 19.6 Å². The van der Waals surface area contributed by atoms with Gasteiger partial charge < -0.3 is 19.9 Å². The molecule has 3 aromatic rings. The molecule has 0 unspecified atom stereocenters. The van der Waals surface area contributed by atoms with Gasteiger partial charge in [-0.2, -0.15) is 18.2 Å². The van der Waals surface area contributed by atoms with E-state index in [2.05, 4.69) is 27.1 Å². The quantitative estimate of drug-likeness (QED) is 0.529. The lowest BCUT2D eigenvalue weighted by Gasteiger charge is -2.34. The van der Waals surface area contributed by atoms with Crippen molar-refractivity contribution in [2.75, 3.05) is 50.0 Å². The van der Waals surface area contributed by atoms with Gasteiger partial charge in [0.05, 0.1) is 17.3 Å². The summed E-state index contributed by atoms with van der Waals surface area (Å²) in [4.78, 5) is 27.0. The number of hydrogen-bond donors (Lipinski definition) is 1. The number of fused-ring (bicyclic) bond motifs is 2. The highest BCUT2D eigenvalue weighted by Gasteiger charge is 2.34. The van der Waals surface area contributed by atoms with E-state index in [1.54, 1.807) is 37.4 Å². The number of benzene rings is 2. The lowest BCUT2D eigenvalue weighted by Crippen LogP contribution is -2.45. The molecule has 2 aliphatic heterocycles. The minimum absolute atomic E-state index is 0.0514. The van der Waals surface area contributed by atoms with Crippen LogP contribution >= 0.6 is 0 Å². The van der Waals surface area contributed by atoms with Crippen LogP contribution in [-0.2, 0) is 12.7 Å². The van der Waals surface area contributed by atoms with Crippen LogP contribution < -0.4 is 15.0 Å². The number of nitrogens with one attached hydrogen (secondary N) is 1. The highest BCUT2D eigenvalue weighted by Crippen LogP contribution is 2.38. The third-order valence-corrected chi connectivity index (χ3v) is 6.70. The van der Waals surface area contributed by atoms with Crippen LogP contribution in [0.3, 0.4) is 0 Å². The Morgan fingerprint density at radius 2 is 1.78 bits per heavy atom. The van der Waals surface area contributed by atoms with Gasteiger partial charge in [-0.05, 0) is 36.4 Å². The van der Waals surface area contributed by atoms with E-state index in [1.807, 2.05) is 4.90 Å². The highest BCUT2D eigenvalue weighted by molar-refractivity contribution is 6.09. The molecular formula is C26H27F3N6O2. The van der Waals surface area contributed by atoms with E-state index in [9.17, 15) is 18.0 Å². The first-order chi connectivity index (χ1) is 17.7. The van der Waals surface area contributed by atoms with Crippen molar-refractivity contribution >= 4 is 23.2 Å². The molecule has 8 nitrogen and oxygen atoms in total. The lowest BCUT2D eigenvalue weighted by atomic mass is 10.0. The number of carbonyl (C=O) groups is 1. The summed E-state index contributed by atoms with van der Waals surface area (Å²) in [5.74, 6) is 0.235. The van der Waals surface area contributed by atoms with E-state index < -0.39 is 11.7 Å². The van der Waals surface area contributed by atoms with Gasteiger partial charge in [0.2, 0.25) is 11.8 Å². The van der Waals surface area contributed by atoms with Crippen molar-refractivity contribution in [1.29, 1.82) is 0 Å². The van der Waals surface area contributed by atoms with Crippen LogP contribution in [-0.4, -0.2) is 65.4 Å². The first-order valence-electron chi connectivity index (χ1n) is 12.1. The fourth-order valence-electron chi connectivity index (χ4n) is 4.54. The fourth-order valence-corrected chi connectivity index (χ4v) is 4.54. The molecule has 0 atom stereocenters. The summed E-state index contributed by atoms with van der Waals surface area (Å²) in [6.07, 6.45) is -3.10. The number of carbonyl (C=O) groups excluding carboxylic acids is 1. The maximum Gasteiger partial charge on any atom is 0.416 e. The van der Waals surface area contributed by atoms with Gasteiger partial charge in [-0.1, -0.05) is 25.1 Å². The number of amides is 1. The SMILES string of the molecule is CCN1CCN(Cc2ccc(Nc3ncc4c(n3)Oc3ccccc3C(=O)N4C)cc2C(F)(F)F)CC1. The number of aromatic nitrogens is 2. The molecule has 1 amide bonds. The second kappa shape index (κ2) is 9.98. The van der Waals surface area contributed by atoms with E-state index in [0.717, 1.165) is 38.8 Å². The molecule has 1 N–H and O–H groups in total. The summed E-state index contributed by atoms with van der Waals surface area (Å²) in [6, 6.07) is 10.9. The van der Waals surface area contributed by atoms with Crippen LogP contribution in [0.4, 0.5) is 30.5 Å². The average molecular weight is 513 g/mol. The summed E-state index contributed by atoms with van der Waals surface area (Å²) < 4.78 is 47.8. The van der Waals surface area contributed by atoms with E-state index in [1.165, 1.54) is 17.2 Å². The number of rotatable bonds is 5. The van der Waals surface area contributed by atoms with Crippen molar-refractivity contribution in [2.24, 2.45) is 0 Å². The summed E-state index contributed by atoms with van der Waals surface area (Å²) >= 11 is 0. The van der Waals surface area contributed by atoms with Gasteiger partial charge in [0.1, 0.15) is 11.4 Å². The number of anilines is 3. The lowest BCUT2D eigenvalue weighted by molar-refractivity contribution is -0.138. The minimum atomic E-state index is -4.51. The molecule has 1 fully saturated rings. The normalized spacial score (nSPS) is 16.6. The molecule has 0 saturated carbocycles. The molecule has 1 saturated heterocycles. The summed E-state index contributed by atoms with van der Waals surface area (Å²) in [7, 11) is 1.58. The second-order valence-corrected chi connectivity index (χ2v) is 9.05. The molecule has 5 rings (SSSR count). The van der Waals surface area contributed by atoms with Gasteiger partial charge in [0.15, 0.2) is 0 Å². The molecular weight excluding hydrogens is 485 g/mol. The Morgan fingerprint density at radius 3 is 2.51 bits per heavy atom. The van der Waals surface area contributed by atoms with Crippen LogP contribution in [0.2, 0.25) is 0 Å². The maximum absolute atomic E-state index is 14.0. The fraction of sp³-hybridized carbons (Fsp3) is 0.346. The van der Waals surface area contributed by atoms with Crippen LogP contribution in [0.5, 0.6) is 11.6 Å². The molecule has 37 heavy (non-hydrogen) atoms. The zero-order valence-corrected chi connectivity index (χ0v) is 20.5. The van der Waals surface area contributed by atoms with Crippen molar-refractivity contribution in [3.8, 4) is 11.6 Å². The standard InChI is InChI=1S/C26H27F3N6O2/c1-3-34-10-12-35(13-11-34)16-17-8-9-18(14-20(17)26(27,28)29)31-25-30-15-21-23(32-25)37-22-7-5-4-6-19(22)24(36)33(21)2/h4-9,14-15H,3,10-13,16H2,1-2H3,(H,30,31,32). The zero-order valence-electron chi connectivity index (χ0n) is 20.5. The van der Waals surface area contributed by atoms with Gasteiger partial charge in [0.25, 0.3) is 5.91 Å². The number of likely N-dealkylation sites (N-methyl/N-ethyl adjacent to an activating group) is 1. The Labute approximate surface area is 212 Å². The van der Waals surface area contributed by atoms with Gasteiger partial charge >= 0.3 is 6.18 Å². The zero-order chi connectivity index (χ0) is 26.2. The number of alkyl halides is 3. The van der Waals surface area contributed by atoms with Crippen LogP contribution in [0.1, 0.15) is 28.4 Å². The molecule has 0 radical (unpaired) electrons. The number of piperazine rings is 1. The third-order valence-electron chi connectivity index (χ3n) is 6.70. The summed E-state index contributed by atoms with van der Waals surface area (Å²) in [6.45, 7) is 6.41. The highest BCUT2D eigenvalue weighted by atomic mass is 19.4. The number of hydrogen-bond acceptors (Lipinski definition) is 7. The van der Waals surface area contributed by atoms with E-state index in [0.29, 0.717) is 17.0 Å². The van der Waals surface area contributed by atoms with E-state index >= 15 is 0 Å². The van der Waals surface area contributed by atoms with Gasteiger partial charge in [0, 0.05) is 45.5 Å². The molecule has 2 aliphatic rings. The van der Waals surface area contributed by atoms with E-state index in [-0.39, 0.29) is 35.5 Å². The van der Waals surface area contributed by atoms with Gasteiger partial charge in [-0.15, -0.1) is 0 Å². The number of halogens is 3. The molecule has 0 aliphatic carbocycles. The van der Waals surface area contributed by atoms with Crippen molar-refractivity contribution < 1.29 is 22.7 Å². The van der Waals surface area contributed by atoms with Gasteiger partial charge in [-0.3, -0.25) is 9.69 Å². The first-order valence-corrected chi connectivity index (χ1v) is 12.1. The van der Waals surface area contributed by atoms with Crippen molar-refractivity contribution in [3.05, 3.63) is 65.4 Å². The maximum atomic E-state index is 14.0.